The van der Waals surface area contributed by atoms with Gasteiger partial charge in [0.05, 0.1) is 9.92 Å². The standard InChI is InChI=1S/C25H20ClNO4S/c1-18-6-2-4-8-24(18)30-20-12-10-19(11-13-20)27-32(28,29)22-16-14-21(15-17-22)31-25-9-5-3-7-23(25)26/h2-17,27H,1H3. The number of rotatable bonds is 7. The van der Waals surface area contributed by atoms with Crippen molar-refractivity contribution in [3.8, 4) is 23.0 Å². The highest BCUT2D eigenvalue weighted by molar-refractivity contribution is 7.92. The van der Waals surface area contributed by atoms with Crippen molar-refractivity contribution in [2.75, 3.05) is 4.72 Å². The van der Waals surface area contributed by atoms with Gasteiger partial charge in [-0.2, -0.15) is 0 Å². The van der Waals surface area contributed by atoms with Crippen LogP contribution >= 0.6 is 11.6 Å². The second-order valence-electron chi connectivity index (χ2n) is 7.00. The molecule has 162 valence electrons. The minimum Gasteiger partial charge on any atom is -0.457 e. The smallest absolute Gasteiger partial charge is 0.261 e. The summed E-state index contributed by atoms with van der Waals surface area (Å²) in [5, 5.41) is 0.473. The Hall–Kier alpha value is -3.48. The lowest BCUT2D eigenvalue weighted by Gasteiger charge is -2.11. The third-order valence-electron chi connectivity index (χ3n) is 4.63. The Morgan fingerprint density at radius 1 is 0.688 bits per heavy atom. The van der Waals surface area contributed by atoms with Gasteiger partial charge in [0.2, 0.25) is 0 Å². The molecule has 0 aromatic heterocycles. The van der Waals surface area contributed by atoms with E-state index in [1.165, 1.54) is 12.1 Å². The number of ether oxygens (including phenoxy) is 2. The molecule has 0 saturated heterocycles. The van der Waals surface area contributed by atoms with Crippen LogP contribution in [0.4, 0.5) is 5.69 Å². The predicted molar refractivity (Wildman–Crippen MR) is 126 cm³/mol. The van der Waals surface area contributed by atoms with E-state index in [1.807, 2.05) is 31.2 Å². The van der Waals surface area contributed by atoms with Gasteiger partial charge in [-0.05, 0) is 79.2 Å². The fourth-order valence-electron chi connectivity index (χ4n) is 2.94. The molecule has 0 unspecified atom stereocenters. The van der Waals surface area contributed by atoms with Gasteiger partial charge in [-0.25, -0.2) is 8.42 Å². The molecule has 4 rings (SSSR count). The quantitative estimate of drug-likeness (QED) is 0.318. The lowest BCUT2D eigenvalue weighted by atomic mass is 10.2. The van der Waals surface area contributed by atoms with Crippen molar-refractivity contribution >= 4 is 27.3 Å². The molecular formula is C25H20ClNO4S. The minimum atomic E-state index is -3.76. The molecule has 5 nitrogen and oxygen atoms in total. The summed E-state index contributed by atoms with van der Waals surface area (Å²) in [6.45, 7) is 1.96. The molecule has 32 heavy (non-hydrogen) atoms. The number of para-hydroxylation sites is 2. The Morgan fingerprint density at radius 2 is 1.22 bits per heavy atom. The topological polar surface area (TPSA) is 64.6 Å². The molecule has 0 radical (unpaired) electrons. The van der Waals surface area contributed by atoms with Gasteiger partial charge in [0.25, 0.3) is 10.0 Å². The van der Waals surface area contributed by atoms with Crippen LogP contribution in [0.2, 0.25) is 5.02 Å². The molecule has 0 aliphatic rings. The highest BCUT2D eigenvalue weighted by Gasteiger charge is 2.15. The number of nitrogens with one attached hydrogen (secondary N) is 1. The normalized spacial score (nSPS) is 11.1. The van der Waals surface area contributed by atoms with Crippen LogP contribution in [0.1, 0.15) is 5.56 Å². The van der Waals surface area contributed by atoms with Crippen LogP contribution in [-0.4, -0.2) is 8.42 Å². The number of hydrogen-bond donors (Lipinski definition) is 1. The van der Waals surface area contributed by atoms with Crippen LogP contribution < -0.4 is 14.2 Å². The predicted octanol–water partition coefficient (Wildman–Crippen LogP) is 7.03. The van der Waals surface area contributed by atoms with E-state index < -0.39 is 10.0 Å². The van der Waals surface area contributed by atoms with E-state index in [0.29, 0.717) is 28.0 Å². The summed E-state index contributed by atoms with van der Waals surface area (Å²) in [5.74, 6) is 2.34. The number of halogens is 1. The highest BCUT2D eigenvalue weighted by atomic mass is 35.5. The first-order chi connectivity index (χ1) is 15.4. The molecular weight excluding hydrogens is 446 g/mol. The molecule has 1 N–H and O–H groups in total. The van der Waals surface area contributed by atoms with Gasteiger partial charge >= 0.3 is 0 Å². The van der Waals surface area contributed by atoms with Crippen LogP contribution in [0.3, 0.4) is 0 Å². The molecule has 0 atom stereocenters. The van der Waals surface area contributed by atoms with E-state index >= 15 is 0 Å². The largest absolute Gasteiger partial charge is 0.457 e. The summed E-state index contributed by atoms with van der Waals surface area (Å²) >= 11 is 6.09. The molecule has 0 fully saturated rings. The number of sulfonamides is 1. The molecule has 4 aromatic rings. The van der Waals surface area contributed by atoms with Crippen LogP contribution in [0.15, 0.2) is 102 Å². The van der Waals surface area contributed by atoms with E-state index in [-0.39, 0.29) is 4.90 Å². The Balaban J connectivity index is 1.43. The molecule has 0 heterocycles. The summed E-state index contributed by atoms with van der Waals surface area (Å²) in [7, 11) is -3.76. The maximum Gasteiger partial charge on any atom is 0.261 e. The number of anilines is 1. The minimum absolute atomic E-state index is 0.115. The van der Waals surface area contributed by atoms with E-state index in [0.717, 1.165) is 11.3 Å². The van der Waals surface area contributed by atoms with Crippen molar-refractivity contribution in [1.82, 2.24) is 0 Å². The first-order valence-electron chi connectivity index (χ1n) is 9.79. The third kappa shape index (κ3) is 5.22. The van der Waals surface area contributed by atoms with E-state index in [1.54, 1.807) is 60.7 Å². The van der Waals surface area contributed by atoms with Crippen molar-refractivity contribution in [2.24, 2.45) is 0 Å². The van der Waals surface area contributed by atoms with Crippen molar-refractivity contribution in [2.45, 2.75) is 11.8 Å². The zero-order chi connectivity index (χ0) is 22.6. The lowest BCUT2D eigenvalue weighted by molar-refractivity contribution is 0.479. The highest BCUT2D eigenvalue weighted by Crippen LogP contribution is 2.30. The summed E-state index contributed by atoms with van der Waals surface area (Å²) in [4.78, 5) is 0.115. The Labute approximate surface area is 192 Å². The van der Waals surface area contributed by atoms with Crippen LogP contribution in [0, 0.1) is 6.92 Å². The van der Waals surface area contributed by atoms with Crippen molar-refractivity contribution in [1.29, 1.82) is 0 Å². The third-order valence-corrected chi connectivity index (χ3v) is 6.34. The summed E-state index contributed by atoms with van der Waals surface area (Å²) < 4.78 is 39.6. The summed E-state index contributed by atoms with van der Waals surface area (Å²) in [6, 6.07) is 27.6. The lowest BCUT2D eigenvalue weighted by Crippen LogP contribution is -2.12. The average molecular weight is 466 g/mol. The van der Waals surface area contributed by atoms with E-state index in [9.17, 15) is 8.42 Å². The van der Waals surface area contributed by atoms with Gasteiger partial charge in [0.15, 0.2) is 0 Å². The van der Waals surface area contributed by atoms with Gasteiger partial charge < -0.3 is 9.47 Å². The maximum atomic E-state index is 12.7. The first kappa shape index (κ1) is 21.7. The van der Waals surface area contributed by atoms with Crippen LogP contribution in [0.5, 0.6) is 23.0 Å². The zero-order valence-electron chi connectivity index (χ0n) is 17.2. The van der Waals surface area contributed by atoms with E-state index in [2.05, 4.69) is 4.72 Å². The van der Waals surface area contributed by atoms with Crippen molar-refractivity contribution in [3.05, 3.63) is 108 Å². The molecule has 7 heteroatoms. The maximum absolute atomic E-state index is 12.7. The van der Waals surface area contributed by atoms with E-state index in [4.69, 9.17) is 21.1 Å². The summed E-state index contributed by atoms with van der Waals surface area (Å²) in [6.07, 6.45) is 0. The molecule has 4 aromatic carbocycles. The number of benzene rings is 4. The number of aryl methyl sites for hydroxylation is 1. The first-order valence-corrected chi connectivity index (χ1v) is 11.7. The second-order valence-corrected chi connectivity index (χ2v) is 9.09. The van der Waals surface area contributed by atoms with Gasteiger partial charge in [0.1, 0.15) is 23.0 Å². The van der Waals surface area contributed by atoms with Crippen LogP contribution in [-0.2, 0) is 10.0 Å². The Kier molecular flexibility index (Phi) is 6.35. The number of hydrogen-bond acceptors (Lipinski definition) is 4. The second kappa shape index (κ2) is 9.34. The molecule has 0 aliphatic carbocycles. The molecule has 0 amide bonds. The van der Waals surface area contributed by atoms with Gasteiger partial charge in [-0.3, -0.25) is 4.72 Å². The SMILES string of the molecule is Cc1ccccc1Oc1ccc(NS(=O)(=O)c2ccc(Oc3ccccc3Cl)cc2)cc1. The molecule has 0 saturated carbocycles. The molecule has 0 aliphatic heterocycles. The van der Waals surface area contributed by atoms with Crippen LogP contribution in [0.25, 0.3) is 0 Å². The average Bonchev–Trinajstić information content (AvgIpc) is 2.78. The van der Waals surface area contributed by atoms with Crippen molar-refractivity contribution in [3.63, 3.8) is 0 Å². The fourth-order valence-corrected chi connectivity index (χ4v) is 4.18. The van der Waals surface area contributed by atoms with Gasteiger partial charge in [-0.15, -0.1) is 0 Å². The fraction of sp³-hybridized carbons (Fsp3) is 0.0400. The van der Waals surface area contributed by atoms with Crippen molar-refractivity contribution < 1.29 is 17.9 Å². The zero-order valence-corrected chi connectivity index (χ0v) is 18.7. The summed E-state index contributed by atoms with van der Waals surface area (Å²) in [5.41, 5.74) is 1.44. The molecule has 0 bridgehead atoms. The Bertz CT molecular complexity index is 1320. The van der Waals surface area contributed by atoms with Gasteiger partial charge in [-0.1, -0.05) is 41.9 Å². The van der Waals surface area contributed by atoms with Gasteiger partial charge in [0, 0.05) is 5.69 Å². The molecule has 0 spiro atoms. The Morgan fingerprint density at radius 3 is 1.84 bits per heavy atom. The monoisotopic (exact) mass is 465 g/mol.